The summed E-state index contributed by atoms with van der Waals surface area (Å²) >= 11 is 0. The van der Waals surface area contributed by atoms with Gasteiger partial charge in [0.2, 0.25) is 0 Å². The fraction of sp³-hybridized carbons (Fsp3) is 0.625. The van der Waals surface area contributed by atoms with Gasteiger partial charge in [-0.3, -0.25) is 0 Å². The van der Waals surface area contributed by atoms with Crippen LogP contribution in [0.15, 0.2) is 18.2 Å². The summed E-state index contributed by atoms with van der Waals surface area (Å²) in [7, 11) is 0. The number of rotatable bonds is 6. The summed E-state index contributed by atoms with van der Waals surface area (Å²) in [5, 5.41) is 21.6. The fourth-order valence-electron chi connectivity index (χ4n) is 2.77. The summed E-state index contributed by atoms with van der Waals surface area (Å²) < 4.78 is 0. The molecule has 0 bridgehead atoms. The van der Waals surface area contributed by atoms with Crippen LogP contribution in [0.3, 0.4) is 0 Å². The van der Waals surface area contributed by atoms with Gasteiger partial charge in [-0.15, -0.1) is 0 Å². The zero-order chi connectivity index (χ0) is 13.9. The molecule has 0 aliphatic heterocycles. The van der Waals surface area contributed by atoms with Crippen LogP contribution in [0.5, 0.6) is 0 Å². The minimum absolute atomic E-state index is 0.0804. The lowest BCUT2D eigenvalue weighted by molar-refractivity contribution is 0.0877. The number of aliphatic hydroxyl groups is 2. The Bertz CT molecular complexity index is 429. The van der Waals surface area contributed by atoms with Crippen LogP contribution in [-0.4, -0.2) is 35.0 Å². The van der Waals surface area contributed by atoms with Crippen molar-refractivity contribution in [3.63, 3.8) is 0 Å². The number of benzene rings is 1. The lowest BCUT2D eigenvalue weighted by Gasteiger charge is -2.28. The summed E-state index contributed by atoms with van der Waals surface area (Å²) in [4.78, 5) is 0. The van der Waals surface area contributed by atoms with Crippen molar-refractivity contribution in [3.8, 4) is 0 Å². The summed E-state index contributed by atoms with van der Waals surface area (Å²) in [6.45, 7) is 4.49. The number of aryl methyl sites for hydroxylation is 2. The van der Waals surface area contributed by atoms with E-state index in [1.807, 2.05) is 0 Å². The minimum atomic E-state index is -0.681. The van der Waals surface area contributed by atoms with Crippen LogP contribution in [0.4, 0.5) is 0 Å². The molecule has 0 saturated heterocycles. The molecule has 3 nitrogen and oxygen atoms in total. The predicted molar refractivity (Wildman–Crippen MR) is 77.3 cm³/mol. The van der Waals surface area contributed by atoms with Crippen molar-refractivity contribution in [2.45, 2.75) is 51.2 Å². The number of hydrogen-bond acceptors (Lipinski definition) is 3. The van der Waals surface area contributed by atoms with E-state index in [-0.39, 0.29) is 12.1 Å². The van der Waals surface area contributed by atoms with Crippen LogP contribution in [-0.2, 0) is 19.3 Å². The number of fused-ring (bicyclic) bond motifs is 1. The lowest BCUT2D eigenvalue weighted by atomic mass is 9.93. The largest absolute Gasteiger partial charge is 0.394 e. The van der Waals surface area contributed by atoms with Crippen molar-refractivity contribution in [2.75, 3.05) is 13.2 Å². The molecule has 3 heteroatoms. The molecule has 19 heavy (non-hydrogen) atoms. The smallest absolute Gasteiger partial charge is 0.0895 e. The van der Waals surface area contributed by atoms with Gasteiger partial charge in [-0.05, 0) is 56.2 Å². The first-order valence-corrected chi connectivity index (χ1v) is 7.15. The Hall–Kier alpha value is -0.900. The van der Waals surface area contributed by atoms with Crippen molar-refractivity contribution in [2.24, 2.45) is 0 Å². The van der Waals surface area contributed by atoms with Crippen LogP contribution in [0, 0.1) is 0 Å². The van der Waals surface area contributed by atoms with Gasteiger partial charge in [-0.25, -0.2) is 0 Å². The highest BCUT2D eigenvalue weighted by molar-refractivity contribution is 5.35. The first-order valence-electron chi connectivity index (χ1n) is 7.15. The molecule has 106 valence electrons. The number of hydrogen-bond donors (Lipinski definition) is 3. The highest BCUT2D eigenvalue weighted by Gasteiger charge is 2.20. The van der Waals surface area contributed by atoms with E-state index in [0.717, 1.165) is 6.42 Å². The SMILES string of the molecule is CC(C)(Cc1ccc2c(c1)CCC2)NC[C@@H](O)CO. The molecule has 1 aliphatic carbocycles. The maximum Gasteiger partial charge on any atom is 0.0895 e. The van der Waals surface area contributed by atoms with Crippen molar-refractivity contribution >= 4 is 0 Å². The zero-order valence-electron chi connectivity index (χ0n) is 11.9. The Kier molecular flexibility index (Phi) is 4.61. The highest BCUT2D eigenvalue weighted by Crippen LogP contribution is 2.24. The summed E-state index contributed by atoms with van der Waals surface area (Å²) in [6.07, 6.45) is 3.96. The third-order valence-corrected chi connectivity index (χ3v) is 3.84. The highest BCUT2D eigenvalue weighted by atomic mass is 16.3. The average Bonchev–Trinajstić information content (AvgIpc) is 2.83. The van der Waals surface area contributed by atoms with Gasteiger partial charge in [0.05, 0.1) is 12.7 Å². The van der Waals surface area contributed by atoms with Crippen molar-refractivity contribution in [3.05, 3.63) is 34.9 Å². The van der Waals surface area contributed by atoms with Crippen LogP contribution in [0.1, 0.15) is 37.0 Å². The fourth-order valence-corrected chi connectivity index (χ4v) is 2.77. The Morgan fingerprint density at radius 2 is 2.00 bits per heavy atom. The molecule has 0 aromatic heterocycles. The van der Waals surface area contributed by atoms with Crippen LogP contribution in [0.25, 0.3) is 0 Å². The Labute approximate surface area is 115 Å². The van der Waals surface area contributed by atoms with E-state index in [4.69, 9.17) is 5.11 Å². The van der Waals surface area contributed by atoms with Gasteiger partial charge in [0.25, 0.3) is 0 Å². The average molecular weight is 263 g/mol. The molecule has 0 saturated carbocycles. The van der Waals surface area contributed by atoms with E-state index in [9.17, 15) is 5.11 Å². The van der Waals surface area contributed by atoms with E-state index < -0.39 is 6.10 Å². The molecule has 1 aromatic carbocycles. The molecule has 1 aliphatic rings. The van der Waals surface area contributed by atoms with Crippen LogP contribution in [0.2, 0.25) is 0 Å². The molecular formula is C16H25NO2. The summed E-state index contributed by atoms with van der Waals surface area (Å²) in [6, 6.07) is 6.81. The molecule has 0 heterocycles. The van der Waals surface area contributed by atoms with E-state index in [0.29, 0.717) is 6.54 Å². The van der Waals surface area contributed by atoms with E-state index in [2.05, 4.69) is 37.4 Å². The third kappa shape index (κ3) is 4.03. The van der Waals surface area contributed by atoms with Gasteiger partial charge >= 0.3 is 0 Å². The quantitative estimate of drug-likeness (QED) is 0.728. The van der Waals surface area contributed by atoms with Gasteiger partial charge in [0, 0.05) is 12.1 Å². The van der Waals surface area contributed by atoms with Gasteiger partial charge < -0.3 is 15.5 Å². The standard InChI is InChI=1S/C16H25NO2/c1-16(2,17-10-15(19)11-18)9-12-6-7-13-4-3-5-14(13)8-12/h6-8,15,17-19H,3-5,9-11H2,1-2H3/t15-/m1/s1. The Morgan fingerprint density at radius 3 is 2.74 bits per heavy atom. The molecule has 3 N–H and O–H groups in total. The molecule has 0 radical (unpaired) electrons. The van der Waals surface area contributed by atoms with E-state index in [1.165, 1.54) is 36.0 Å². The first-order chi connectivity index (χ1) is 9.00. The van der Waals surface area contributed by atoms with Crippen molar-refractivity contribution in [1.29, 1.82) is 0 Å². The maximum atomic E-state index is 9.40. The van der Waals surface area contributed by atoms with Crippen molar-refractivity contribution in [1.82, 2.24) is 5.32 Å². The molecule has 0 fully saturated rings. The second-order valence-corrected chi connectivity index (χ2v) is 6.23. The van der Waals surface area contributed by atoms with E-state index >= 15 is 0 Å². The monoisotopic (exact) mass is 263 g/mol. The van der Waals surface area contributed by atoms with Gasteiger partial charge in [0.15, 0.2) is 0 Å². The van der Waals surface area contributed by atoms with Crippen LogP contribution >= 0.6 is 0 Å². The maximum absolute atomic E-state index is 9.40. The van der Waals surface area contributed by atoms with Crippen molar-refractivity contribution < 1.29 is 10.2 Å². The normalized spacial score (nSPS) is 16.4. The summed E-state index contributed by atoms with van der Waals surface area (Å²) in [5.41, 5.74) is 4.27. The number of nitrogens with one attached hydrogen (secondary N) is 1. The van der Waals surface area contributed by atoms with Gasteiger partial charge in [0.1, 0.15) is 0 Å². The molecular weight excluding hydrogens is 238 g/mol. The van der Waals surface area contributed by atoms with Gasteiger partial charge in [-0.2, -0.15) is 0 Å². The molecule has 1 atom stereocenters. The second-order valence-electron chi connectivity index (χ2n) is 6.23. The molecule has 0 spiro atoms. The topological polar surface area (TPSA) is 52.5 Å². The Morgan fingerprint density at radius 1 is 1.26 bits per heavy atom. The molecule has 0 unspecified atom stereocenters. The number of aliphatic hydroxyl groups excluding tert-OH is 2. The lowest BCUT2D eigenvalue weighted by Crippen LogP contribution is -2.45. The molecule has 0 amide bonds. The van der Waals surface area contributed by atoms with Crippen LogP contribution < -0.4 is 5.32 Å². The first kappa shape index (κ1) is 14.5. The second kappa shape index (κ2) is 6.04. The molecule has 2 rings (SSSR count). The Balaban J connectivity index is 1.95. The van der Waals surface area contributed by atoms with Gasteiger partial charge in [-0.1, -0.05) is 18.2 Å². The number of β-amino-alcohol motifs (C(OH)–C–C–N with tert-alkyl or cyclic N) is 1. The predicted octanol–water partition coefficient (Wildman–Crippen LogP) is 1.44. The minimum Gasteiger partial charge on any atom is -0.394 e. The molecule has 1 aromatic rings. The summed E-state index contributed by atoms with van der Waals surface area (Å²) in [5.74, 6) is 0. The zero-order valence-corrected chi connectivity index (χ0v) is 11.9. The van der Waals surface area contributed by atoms with E-state index in [1.54, 1.807) is 0 Å². The third-order valence-electron chi connectivity index (χ3n) is 3.84.